The zero-order valence-corrected chi connectivity index (χ0v) is 21.2. The highest BCUT2D eigenvalue weighted by atomic mass is 79.9. The maximum atomic E-state index is 12.5. The van der Waals surface area contributed by atoms with Gasteiger partial charge in [0.1, 0.15) is 11.5 Å². The minimum Gasteiger partial charge on any atom is -0.493 e. The lowest BCUT2D eigenvalue weighted by Gasteiger charge is -2.13. The summed E-state index contributed by atoms with van der Waals surface area (Å²) in [6.45, 7) is 2.43. The number of unbranched alkanes of at least 4 members (excludes halogenated alkanes) is 3. The van der Waals surface area contributed by atoms with E-state index in [1.807, 2.05) is 6.07 Å². The maximum absolute atomic E-state index is 12.5. The fourth-order valence-corrected chi connectivity index (χ4v) is 4.00. The van der Waals surface area contributed by atoms with Gasteiger partial charge in [0, 0.05) is 8.95 Å². The summed E-state index contributed by atoms with van der Waals surface area (Å²) >= 11 is 10.1. The van der Waals surface area contributed by atoms with Crippen molar-refractivity contribution < 1.29 is 19.1 Å². The van der Waals surface area contributed by atoms with Gasteiger partial charge in [0.05, 0.1) is 16.6 Å². The maximum Gasteiger partial charge on any atom is 0.276 e. The summed E-state index contributed by atoms with van der Waals surface area (Å²) in [7, 11) is 0. The van der Waals surface area contributed by atoms with E-state index in [0.717, 1.165) is 34.6 Å². The lowest BCUT2D eigenvalue weighted by atomic mass is 10.2. The van der Waals surface area contributed by atoms with Crippen LogP contribution in [-0.4, -0.2) is 25.0 Å². The Morgan fingerprint density at radius 2 is 1.57 bits per heavy atom. The molecule has 0 saturated heterocycles. The molecule has 0 unspecified atom stereocenters. The summed E-state index contributed by atoms with van der Waals surface area (Å²) in [5.74, 6) is 0.0233. The number of ether oxygens (including phenoxy) is 2. The molecule has 0 atom stereocenters. The minimum atomic E-state index is -0.491. The second-order valence-corrected chi connectivity index (χ2v) is 9.10. The summed E-state index contributed by atoms with van der Waals surface area (Å²) < 4.78 is 13.6. The summed E-state index contributed by atoms with van der Waals surface area (Å²) in [4.78, 5) is 24.6. The number of benzene rings is 2. The number of rotatable bonds is 10. The third kappa shape index (κ3) is 8.28. The zero-order valence-electron chi connectivity index (χ0n) is 16.5. The Morgan fingerprint density at radius 3 is 2.27 bits per heavy atom. The normalized spacial score (nSPS) is 10.4. The third-order valence-electron chi connectivity index (χ3n) is 4.01. The van der Waals surface area contributed by atoms with E-state index in [-0.39, 0.29) is 6.61 Å². The number of nitrogens with one attached hydrogen (secondary N) is 2. The molecular weight excluding hydrogens is 584 g/mol. The van der Waals surface area contributed by atoms with Crippen molar-refractivity contribution in [3.8, 4) is 11.5 Å². The van der Waals surface area contributed by atoms with Gasteiger partial charge >= 0.3 is 0 Å². The monoisotopic (exact) mass is 604 g/mol. The van der Waals surface area contributed by atoms with Gasteiger partial charge in [-0.3, -0.25) is 20.4 Å². The lowest BCUT2D eigenvalue weighted by molar-refractivity contribution is -0.123. The Bertz CT molecular complexity index is 877. The molecule has 2 aromatic rings. The Hall–Kier alpha value is -1.58. The number of amides is 2. The van der Waals surface area contributed by atoms with Crippen molar-refractivity contribution in [2.24, 2.45) is 0 Å². The van der Waals surface area contributed by atoms with Crippen LogP contribution in [0.15, 0.2) is 49.8 Å². The van der Waals surface area contributed by atoms with Gasteiger partial charge in [-0.05, 0) is 58.7 Å². The van der Waals surface area contributed by atoms with Crippen LogP contribution in [0.2, 0.25) is 0 Å². The molecule has 30 heavy (non-hydrogen) atoms. The standard InChI is InChI=1S/C21H23Br3N2O4/c1-2-3-4-5-10-29-18-8-6-14(22)11-16(18)21(28)26-25-20(27)13-30-19-9-7-15(23)12-17(19)24/h6-9,11-12H,2-5,10,13H2,1H3,(H,25,27)(H,26,28). The molecule has 0 aliphatic carbocycles. The zero-order chi connectivity index (χ0) is 21.9. The lowest BCUT2D eigenvalue weighted by Crippen LogP contribution is -2.44. The number of carbonyl (C=O) groups excluding carboxylic acids is 2. The average Bonchev–Trinajstić information content (AvgIpc) is 2.72. The topological polar surface area (TPSA) is 76.7 Å². The van der Waals surface area contributed by atoms with Crippen molar-refractivity contribution in [1.82, 2.24) is 10.9 Å². The number of hydrazine groups is 1. The minimum absolute atomic E-state index is 0.250. The van der Waals surface area contributed by atoms with Crippen LogP contribution in [0.4, 0.5) is 0 Å². The molecule has 0 aromatic heterocycles. The third-order valence-corrected chi connectivity index (χ3v) is 5.62. The summed E-state index contributed by atoms with van der Waals surface area (Å²) in [6, 6.07) is 10.5. The van der Waals surface area contributed by atoms with Gasteiger partial charge in [-0.25, -0.2) is 0 Å². The van der Waals surface area contributed by atoms with Crippen molar-refractivity contribution in [2.45, 2.75) is 32.6 Å². The molecule has 0 heterocycles. The van der Waals surface area contributed by atoms with Crippen molar-refractivity contribution in [3.05, 3.63) is 55.4 Å². The fourth-order valence-electron chi connectivity index (χ4n) is 2.48. The van der Waals surface area contributed by atoms with Gasteiger partial charge in [-0.1, -0.05) is 58.0 Å². The van der Waals surface area contributed by atoms with Crippen LogP contribution in [0, 0.1) is 0 Å². The van der Waals surface area contributed by atoms with E-state index in [1.54, 1.807) is 30.3 Å². The first-order valence-corrected chi connectivity index (χ1v) is 11.9. The molecule has 2 amide bonds. The van der Waals surface area contributed by atoms with Gasteiger partial charge in [0.2, 0.25) is 0 Å². The van der Waals surface area contributed by atoms with Gasteiger partial charge in [-0.15, -0.1) is 0 Å². The predicted octanol–water partition coefficient (Wildman–Crippen LogP) is 5.77. The van der Waals surface area contributed by atoms with Gasteiger partial charge in [-0.2, -0.15) is 0 Å². The first-order chi connectivity index (χ1) is 14.4. The van der Waals surface area contributed by atoms with Gasteiger partial charge in [0.25, 0.3) is 11.8 Å². The largest absolute Gasteiger partial charge is 0.493 e. The van der Waals surface area contributed by atoms with Crippen LogP contribution in [0.5, 0.6) is 11.5 Å². The quantitative estimate of drug-likeness (QED) is 0.266. The smallest absolute Gasteiger partial charge is 0.276 e. The van der Waals surface area contributed by atoms with Crippen LogP contribution in [0.1, 0.15) is 43.0 Å². The molecule has 0 bridgehead atoms. The molecule has 0 saturated carbocycles. The molecule has 2 rings (SSSR count). The highest BCUT2D eigenvalue weighted by Crippen LogP contribution is 2.28. The summed E-state index contributed by atoms with van der Waals surface area (Å²) in [5.41, 5.74) is 5.08. The molecule has 0 aliphatic heterocycles. The van der Waals surface area contributed by atoms with Crippen molar-refractivity contribution >= 4 is 59.6 Å². The first kappa shape index (κ1) is 24.7. The number of hydrogen-bond donors (Lipinski definition) is 2. The molecule has 2 N–H and O–H groups in total. The molecule has 2 aromatic carbocycles. The van der Waals surface area contributed by atoms with E-state index in [4.69, 9.17) is 9.47 Å². The Balaban J connectivity index is 1.87. The molecule has 6 nitrogen and oxygen atoms in total. The Kier molecular flexibility index (Phi) is 10.7. The van der Waals surface area contributed by atoms with Crippen molar-refractivity contribution in [1.29, 1.82) is 0 Å². The highest BCUT2D eigenvalue weighted by Gasteiger charge is 2.15. The number of hydrogen-bond acceptors (Lipinski definition) is 4. The molecule has 0 radical (unpaired) electrons. The van der Waals surface area contributed by atoms with E-state index in [9.17, 15) is 9.59 Å². The molecule has 9 heteroatoms. The van der Waals surface area contributed by atoms with Crippen LogP contribution in [0.3, 0.4) is 0 Å². The van der Waals surface area contributed by atoms with Crippen LogP contribution < -0.4 is 20.3 Å². The Labute approximate surface area is 201 Å². The fraction of sp³-hybridized carbons (Fsp3) is 0.333. The van der Waals surface area contributed by atoms with Crippen molar-refractivity contribution in [2.75, 3.05) is 13.2 Å². The second-order valence-electron chi connectivity index (χ2n) is 6.42. The van der Waals surface area contributed by atoms with Crippen LogP contribution in [-0.2, 0) is 4.79 Å². The highest BCUT2D eigenvalue weighted by molar-refractivity contribution is 9.11. The van der Waals surface area contributed by atoms with Crippen LogP contribution in [0.25, 0.3) is 0 Å². The van der Waals surface area contributed by atoms with E-state index in [2.05, 4.69) is 65.6 Å². The SMILES string of the molecule is CCCCCCOc1ccc(Br)cc1C(=O)NNC(=O)COc1ccc(Br)cc1Br. The predicted molar refractivity (Wildman–Crippen MR) is 127 cm³/mol. The average molecular weight is 607 g/mol. The van der Waals surface area contributed by atoms with Gasteiger partial charge < -0.3 is 9.47 Å². The van der Waals surface area contributed by atoms with E-state index < -0.39 is 11.8 Å². The van der Waals surface area contributed by atoms with Crippen molar-refractivity contribution in [3.63, 3.8) is 0 Å². The molecule has 0 spiro atoms. The van der Waals surface area contributed by atoms with Crippen LogP contribution >= 0.6 is 47.8 Å². The second kappa shape index (κ2) is 13.0. The van der Waals surface area contributed by atoms with E-state index in [1.165, 1.54) is 0 Å². The number of carbonyl (C=O) groups is 2. The summed E-state index contributed by atoms with van der Waals surface area (Å²) in [6.07, 6.45) is 4.31. The van der Waals surface area contributed by atoms with E-state index in [0.29, 0.717) is 28.1 Å². The van der Waals surface area contributed by atoms with E-state index >= 15 is 0 Å². The Morgan fingerprint density at radius 1 is 0.867 bits per heavy atom. The summed E-state index contributed by atoms with van der Waals surface area (Å²) in [5, 5.41) is 0. The molecule has 162 valence electrons. The molecule has 0 fully saturated rings. The van der Waals surface area contributed by atoms with Gasteiger partial charge in [0.15, 0.2) is 6.61 Å². The number of halogens is 3. The first-order valence-electron chi connectivity index (χ1n) is 9.50. The molecular formula is C21H23Br3N2O4. The molecule has 0 aliphatic rings.